The van der Waals surface area contributed by atoms with Crippen molar-refractivity contribution in [3.8, 4) is 0 Å². The van der Waals surface area contributed by atoms with Gasteiger partial charge in [0, 0.05) is 17.7 Å². The van der Waals surface area contributed by atoms with Gasteiger partial charge in [0.2, 0.25) is 0 Å². The zero-order chi connectivity index (χ0) is 18.2. The van der Waals surface area contributed by atoms with E-state index in [9.17, 15) is 14.4 Å². The number of anilines is 1. The van der Waals surface area contributed by atoms with E-state index < -0.39 is 18.0 Å². The van der Waals surface area contributed by atoms with E-state index in [0.717, 1.165) is 5.56 Å². The normalized spacial score (nSPS) is 11.3. The van der Waals surface area contributed by atoms with Crippen molar-refractivity contribution >= 4 is 23.5 Å². The topological polar surface area (TPSA) is 84.5 Å². The number of rotatable bonds is 6. The Bertz CT molecular complexity index is 759. The van der Waals surface area contributed by atoms with Crippen LogP contribution in [0.5, 0.6) is 0 Å². The van der Waals surface area contributed by atoms with Crippen molar-refractivity contribution in [2.24, 2.45) is 0 Å². The Kier molecular flexibility index (Phi) is 6.28. The van der Waals surface area contributed by atoms with Crippen LogP contribution in [0, 0.1) is 0 Å². The number of carbonyl (C=O) groups is 3. The number of ether oxygens (including phenoxy) is 1. The molecule has 2 amide bonds. The number of methoxy groups -OCH3 is 1. The van der Waals surface area contributed by atoms with Crippen molar-refractivity contribution in [2.75, 3.05) is 12.4 Å². The summed E-state index contributed by atoms with van der Waals surface area (Å²) in [6.45, 7) is 1.45. The van der Waals surface area contributed by atoms with Gasteiger partial charge in [0.1, 0.15) is 6.04 Å². The first-order chi connectivity index (χ1) is 12.0. The number of nitrogens with one attached hydrogen (secondary N) is 2. The van der Waals surface area contributed by atoms with Crippen LogP contribution in [0.3, 0.4) is 0 Å². The van der Waals surface area contributed by atoms with E-state index >= 15 is 0 Å². The SMILES string of the molecule is COC(=O)[C@H](Cc1ccccc1)NC(=O)Nc1cccc(C(C)=O)c1. The second-order valence-electron chi connectivity index (χ2n) is 5.50. The van der Waals surface area contributed by atoms with Gasteiger partial charge < -0.3 is 15.4 Å². The molecule has 0 aliphatic heterocycles. The van der Waals surface area contributed by atoms with Crippen molar-refractivity contribution in [1.82, 2.24) is 5.32 Å². The number of benzene rings is 2. The van der Waals surface area contributed by atoms with Crippen LogP contribution in [-0.4, -0.2) is 30.9 Å². The van der Waals surface area contributed by atoms with Gasteiger partial charge in [-0.1, -0.05) is 42.5 Å². The summed E-state index contributed by atoms with van der Waals surface area (Å²) in [5.74, 6) is -0.628. The molecular weight excluding hydrogens is 320 g/mol. The summed E-state index contributed by atoms with van der Waals surface area (Å²) in [5.41, 5.74) is 1.86. The van der Waals surface area contributed by atoms with Gasteiger partial charge in [-0.15, -0.1) is 0 Å². The van der Waals surface area contributed by atoms with E-state index in [4.69, 9.17) is 4.74 Å². The van der Waals surface area contributed by atoms with Crippen LogP contribution in [0.15, 0.2) is 54.6 Å². The molecule has 0 unspecified atom stereocenters. The largest absolute Gasteiger partial charge is 0.467 e. The Morgan fingerprint density at radius 2 is 1.76 bits per heavy atom. The molecule has 2 aromatic carbocycles. The number of Topliss-reactive ketones (excluding diaryl/α,β-unsaturated/α-hetero) is 1. The minimum Gasteiger partial charge on any atom is -0.467 e. The highest BCUT2D eigenvalue weighted by Gasteiger charge is 2.22. The molecule has 0 saturated heterocycles. The maximum atomic E-state index is 12.2. The zero-order valence-corrected chi connectivity index (χ0v) is 14.1. The second kappa shape index (κ2) is 8.63. The number of hydrogen-bond acceptors (Lipinski definition) is 4. The first-order valence-corrected chi connectivity index (χ1v) is 7.80. The molecule has 0 bridgehead atoms. The summed E-state index contributed by atoms with van der Waals surface area (Å²) >= 11 is 0. The molecule has 0 fully saturated rings. The van der Waals surface area contributed by atoms with Crippen LogP contribution in [0.25, 0.3) is 0 Å². The first-order valence-electron chi connectivity index (χ1n) is 7.80. The van der Waals surface area contributed by atoms with Crippen molar-refractivity contribution < 1.29 is 19.1 Å². The predicted octanol–water partition coefficient (Wildman–Crippen LogP) is 2.80. The van der Waals surface area contributed by atoms with E-state index in [0.29, 0.717) is 17.7 Å². The fourth-order valence-corrected chi connectivity index (χ4v) is 2.33. The minimum absolute atomic E-state index is 0.0967. The smallest absolute Gasteiger partial charge is 0.328 e. The molecule has 0 aliphatic carbocycles. The maximum absolute atomic E-state index is 12.2. The lowest BCUT2D eigenvalue weighted by atomic mass is 10.1. The minimum atomic E-state index is -0.816. The molecule has 2 N–H and O–H groups in total. The molecule has 6 heteroatoms. The monoisotopic (exact) mass is 340 g/mol. The third-order valence-electron chi connectivity index (χ3n) is 3.60. The molecule has 0 aromatic heterocycles. The van der Waals surface area contributed by atoms with Crippen LogP contribution in [0.2, 0.25) is 0 Å². The van der Waals surface area contributed by atoms with Crippen LogP contribution >= 0.6 is 0 Å². The third kappa shape index (κ3) is 5.46. The van der Waals surface area contributed by atoms with Gasteiger partial charge in [-0.25, -0.2) is 9.59 Å². The highest BCUT2D eigenvalue weighted by molar-refractivity contribution is 5.97. The number of amides is 2. The molecule has 6 nitrogen and oxygen atoms in total. The van der Waals surface area contributed by atoms with E-state index in [1.54, 1.807) is 24.3 Å². The maximum Gasteiger partial charge on any atom is 0.328 e. The fraction of sp³-hybridized carbons (Fsp3) is 0.211. The lowest BCUT2D eigenvalue weighted by Gasteiger charge is -2.17. The van der Waals surface area contributed by atoms with Gasteiger partial charge in [-0.3, -0.25) is 4.79 Å². The van der Waals surface area contributed by atoms with Crippen molar-refractivity contribution in [3.05, 3.63) is 65.7 Å². The quantitative estimate of drug-likeness (QED) is 0.625. The van der Waals surface area contributed by atoms with Gasteiger partial charge in [0.25, 0.3) is 0 Å². The molecule has 0 spiro atoms. The van der Waals surface area contributed by atoms with E-state index in [1.165, 1.54) is 14.0 Å². The van der Waals surface area contributed by atoms with Gasteiger partial charge >= 0.3 is 12.0 Å². The number of ketones is 1. The number of esters is 1. The molecule has 0 aliphatic rings. The average molecular weight is 340 g/mol. The Morgan fingerprint density at radius 1 is 1.04 bits per heavy atom. The molecule has 2 rings (SSSR count). The number of urea groups is 1. The molecule has 2 aromatic rings. The second-order valence-corrected chi connectivity index (χ2v) is 5.50. The average Bonchev–Trinajstić information content (AvgIpc) is 2.61. The molecule has 0 radical (unpaired) electrons. The van der Waals surface area contributed by atoms with Crippen molar-refractivity contribution in [1.29, 1.82) is 0 Å². The Hall–Kier alpha value is -3.15. The zero-order valence-electron chi connectivity index (χ0n) is 14.1. The van der Waals surface area contributed by atoms with Gasteiger partial charge in [-0.2, -0.15) is 0 Å². The standard InChI is InChI=1S/C19H20N2O4/c1-13(22)15-9-6-10-16(12-15)20-19(24)21-17(18(23)25-2)11-14-7-4-3-5-8-14/h3-10,12,17H,11H2,1-2H3,(H2,20,21,24)/t17-/m0/s1. The Morgan fingerprint density at radius 3 is 2.40 bits per heavy atom. The van der Waals surface area contributed by atoms with Gasteiger partial charge in [0.05, 0.1) is 7.11 Å². The molecule has 130 valence electrons. The molecule has 25 heavy (non-hydrogen) atoms. The van der Waals surface area contributed by atoms with Gasteiger partial charge in [0.15, 0.2) is 5.78 Å². The molecular formula is C19H20N2O4. The lowest BCUT2D eigenvalue weighted by molar-refractivity contribution is -0.142. The Balaban J connectivity index is 2.05. The van der Waals surface area contributed by atoms with E-state index in [1.807, 2.05) is 30.3 Å². The Labute approximate surface area is 146 Å². The summed E-state index contributed by atoms with van der Waals surface area (Å²) in [7, 11) is 1.27. The van der Waals surface area contributed by atoms with Crippen molar-refractivity contribution in [2.45, 2.75) is 19.4 Å². The predicted molar refractivity (Wildman–Crippen MR) is 94.6 cm³/mol. The highest BCUT2D eigenvalue weighted by Crippen LogP contribution is 2.11. The molecule has 0 saturated carbocycles. The van der Waals surface area contributed by atoms with Gasteiger partial charge in [-0.05, 0) is 24.6 Å². The summed E-state index contributed by atoms with van der Waals surface area (Å²) in [6.07, 6.45) is 0.314. The van der Waals surface area contributed by atoms with E-state index in [-0.39, 0.29) is 5.78 Å². The van der Waals surface area contributed by atoms with Crippen molar-refractivity contribution in [3.63, 3.8) is 0 Å². The summed E-state index contributed by atoms with van der Waals surface area (Å²) < 4.78 is 4.76. The molecule has 0 heterocycles. The number of hydrogen-bond donors (Lipinski definition) is 2. The van der Waals surface area contributed by atoms with Crippen LogP contribution in [0.1, 0.15) is 22.8 Å². The summed E-state index contributed by atoms with van der Waals surface area (Å²) in [6, 6.07) is 14.5. The fourth-order valence-electron chi connectivity index (χ4n) is 2.33. The number of carbonyl (C=O) groups excluding carboxylic acids is 3. The molecule has 1 atom stereocenters. The lowest BCUT2D eigenvalue weighted by Crippen LogP contribution is -2.45. The summed E-state index contributed by atoms with van der Waals surface area (Å²) in [5, 5.41) is 5.23. The van der Waals surface area contributed by atoms with E-state index in [2.05, 4.69) is 10.6 Å². The highest BCUT2D eigenvalue weighted by atomic mass is 16.5. The summed E-state index contributed by atoms with van der Waals surface area (Å²) in [4.78, 5) is 35.5. The van der Waals surface area contributed by atoms with Crippen LogP contribution in [0.4, 0.5) is 10.5 Å². The first kappa shape index (κ1) is 18.2. The van der Waals surface area contributed by atoms with Crippen LogP contribution < -0.4 is 10.6 Å². The van der Waals surface area contributed by atoms with Crippen LogP contribution in [-0.2, 0) is 16.0 Å². The third-order valence-corrected chi connectivity index (χ3v) is 3.60.